The monoisotopic (exact) mass is 301 g/mol. The molecule has 1 aromatic carbocycles. The number of benzene rings is 1. The first-order chi connectivity index (χ1) is 10.6. The molecule has 1 heterocycles. The van der Waals surface area contributed by atoms with Crippen LogP contribution in [0.1, 0.15) is 34.7 Å². The molecule has 0 saturated heterocycles. The molecule has 22 heavy (non-hydrogen) atoms. The molecule has 0 fully saturated rings. The maximum atomic E-state index is 12.5. The summed E-state index contributed by atoms with van der Waals surface area (Å²) in [7, 11) is 1.76. The average Bonchev–Trinajstić information content (AvgIpc) is 2.95. The Balaban J connectivity index is 2.29. The normalized spacial score (nSPS) is 10.3. The van der Waals surface area contributed by atoms with E-state index in [1.165, 1.54) is 0 Å². The van der Waals surface area contributed by atoms with Crippen LogP contribution in [0.2, 0.25) is 0 Å². The van der Waals surface area contributed by atoms with Crippen molar-refractivity contribution in [1.82, 2.24) is 9.78 Å². The van der Waals surface area contributed by atoms with E-state index in [4.69, 9.17) is 4.74 Å². The highest BCUT2D eigenvalue weighted by atomic mass is 16.5. The fourth-order valence-electron chi connectivity index (χ4n) is 2.13. The highest BCUT2D eigenvalue weighted by molar-refractivity contribution is 6.05. The number of hydrogen-bond acceptors (Lipinski definition) is 4. The van der Waals surface area contributed by atoms with Gasteiger partial charge in [-0.15, -0.1) is 0 Å². The Morgan fingerprint density at radius 1 is 1.27 bits per heavy atom. The molecule has 1 amide bonds. The highest BCUT2D eigenvalue weighted by Gasteiger charge is 2.19. The van der Waals surface area contributed by atoms with Crippen LogP contribution in [0.5, 0.6) is 0 Å². The van der Waals surface area contributed by atoms with Crippen molar-refractivity contribution in [3.8, 4) is 0 Å². The number of amides is 1. The Morgan fingerprint density at radius 2 is 2.05 bits per heavy atom. The van der Waals surface area contributed by atoms with Crippen LogP contribution in [0.15, 0.2) is 36.5 Å². The van der Waals surface area contributed by atoms with Crippen molar-refractivity contribution in [1.29, 1.82) is 0 Å². The summed E-state index contributed by atoms with van der Waals surface area (Å²) in [4.78, 5) is 25.9. The van der Waals surface area contributed by atoms with E-state index >= 15 is 0 Å². The van der Waals surface area contributed by atoms with E-state index < -0.39 is 5.97 Å². The SMILES string of the molecule is CCOC(=O)c1cccc(N(CC)C(=O)c2ccn(C)n2)c1. The van der Waals surface area contributed by atoms with Crippen LogP contribution < -0.4 is 4.90 Å². The summed E-state index contributed by atoms with van der Waals surface area (Å²) < 4.78 is 6.57. The molecule has 2 aromatic rings. The highest BCUT2D eigenvalue weighted by Crippen LogP contribution is 2.19. The molecule has 0 N–H and O–H groups in total. The Labute approximate surface area is 129 Å². The quantitative estimate of drug-likeness (QED) is 0.795. The Bertz CT molecular complexity index is 679. The standard InChI is InChI=1S/C16H19N3O3/c1-4-19(15(20)14-9-10-18(3)17-14)13-8-6-7-12(11-13)16(21)22-5-2/h6-11H,4-5H2,1-3H3. The molecule has 0 bridgehead atoms. The summed E-state index contributed by atoms with van der Waals surface area (Å²) in [6, 6.07) is 8.51. The van der Waals surface area contributed by atoms with E-state index in [1.807, 2.05) is 6.92 Å². The van der Waals surface area contributed by atoms with E-state index in [0.717, 1.165) is 0 Å². The van der Waals surface area contributed by atoms with Gasteiger partial charge in [0.1, 0.15) is 0 Å². The topological polar surface area (TPSA) is 64.4 Å². The lowest BCUT2D eigenvalue weighted by Crippen LogP contribution is -2.31. The Hall–Kier alpha value is -2.63. The summed E-state index contributed by atoms with van der Waals surface area (Å²) in [6.45, 7) is 4.41. The van der Waals surface area contributed by atoms with Crippen LogP contribution in [-0.2, 0) is 11.8 Å². The Morgan fingerprint density at radius 3 is 2.64 bits per heavy atom. The van der Waals surface area contributed by atoms with Crippen molar-refractivity contribution in [3.63, 3.8) is 0 Å². The van der Waals surface area contributed by atoms with Crippen LogP contribution >= 0.6 is 0 Å². The van der Waals surface area contributed by atoms with Gasteiger partial charge in [0.25, 0.3) is 5.91 Å². The van der Waals surface area contributed by atoms with Crippen LogP contribution in [-0.4, -0.2) is 34.8 Å². The number of rotatable bonds is 5. The van der Waals surface area contributed by atoms with Crippen molar-refractivity contribution < 1.29 is 14.3 Å². The van der Waals surface area contributed by atoms with Crippen LogP contribution in [0.25, 0.3) is 0 Å². The van der Waals surface area contributed by atoms with Gasteiger partial charge in [0, 0.05) is 25.5 Å². The lowest BCUT2D eigenvalue weighted by molar-refractivity contribution is 0.0526. The first-order valence-corrected chi connectivity index (χ1v) is 7.15. The minimum Gasteiger partial charge on any atom is -0.462 e. The number of carbonyl (C=O) groups excluding carboxylic acids is 2. The number of esters is 1. The van der Waals surface area contributed by atoms with Crippen molar-refractivity contribution in [2.45, 2.75) is 13.8 Å². The number of anilines is 1. The molecule has 0 aliphatic rings. The zero-order valence-corrected chi connectivity index (χ0v) is 12.9. The van der Waals surface area contributed by atoms with E-state index in [0.29, 0.717) is 30.1 Å². The maximum Gasteiger partial charge on any atom is 0.338 e. The molecule has 116 valence electrons. The van der Waals surface area contributed by atoms with Crippen LogP contribution in [0.4, 0.5) is 5.69 Å². The van der Waals surface area contributed by atoms with E-state index in [2.05, 4.69) is 5.10 Å². The van der Waals surface area contributed by atoms with Gasteiger partial charge in [-0.25, -0.2) is 4.79 Å². The number of aromatic nitrogens is 2. The van der Waals surface area contributed by atoms with Gasteiger partial charge in [0.2, 0.25) is 0 Å². The average molecular weight is 301 g/mol. The molecule has 1 aromatic heterocycles. The third-order valence-electron chi connectivity index (χ3n) is 3.16. The van der Waals surface area contributed by atoms with Gasteiger partial charge in [0.15, 0.2) is 5.69 Å². The van der Waals surface area contributed by atoms with Gasteiger partial charge in [-0.3, -0.25) is 9.48 Å². The third-order valence-corrected chi connectivity index (χ3v) is 3.16. The van der Waals surface area contributed by atoms with Gasteiger partial charge in [-0.05, 0) is 38.1 Å². The first kappa shape index (κ1) is 15.8. The second kappa shape index (κ2) is 6.89. The molecule has 2 rings (SSSR count). The van der Waals surface area contributed by atoms with Gasteiger partial charge >= 0.3 is 5.97 Å². The fourth-order valence-corrected chi connectivity index (χ4v) is 2.13. The van der Waals surface area contributed by atoms with Gasteiger partial charge in [-0.2, -0.15) is 5.10 Å². The minimum atomic E-state index is -0.398. The predicted molar refractivity (Wildman–Crippen MR) is 83.0 cm³/mol. The zero-order chi connectivity index (χ0) is 16.1. The summed E-state index contributed by atoms with van der Waals surface area (Å²) in [5.41, 5.74) is 1.43. The summed E-state index contributed by atoms with van der Waals surface area (Å²) in [5, 5.41) is 4.13. The smallest absolute Gasteiger partial charge is 0.338 e. The lowest BCUT2D eigenvalue weighted by atomic mass is 10.2. The molecule has 0 saturated carbocycles. The molecule has 0 aliphatic carbocycles. The number of ether oxygens (including phenoxy) is 1. The van der Waals surface area contributed by atoms with Gasteiger partial charge in [0.05, 0.1) is 12.2 Å². The second-order valence-corrected chi connectivity index (χ2v) is 4.69. The summed E-state index contributed by atoms with van der Waals surface area (Å²) in [6.07, 6.45) is 1.72. The first-order valence-electron chi connectivity index (χ1n) is 7.15. The molecule has 0 unspecified atom stereocenters. The lowest BCUT2D eigenvalue weighted by Gasteiger charge is -2.20. The molecule has 0 radical (unpaired) electrons. The largest absolute Gasteiger partial charge is 0.462 e. The molecule has 6 nitrogen and oxygen atoms in total. The Kier molecular flexibility index (Phi) is 4.93. The minimum absolute atomic E-state index is 0.205. The maximum absolute atomic E-state index is 12.5. The number of carbonyl (C=O) groups is 2. The number of aryl methyl sites for hydroxylation is 1. The van der Waals surface area contributed by atoms with E-state index in [9.17, 15) is 9.59 Å². The van der Waals surface area contributed by atoms with E-state index in [-0.39, 0.29) is 5.91 Å². The predicted octanol–water partition coefficient (Wildman–Crippen LogP) is 2.26. The van der Waals surface area contributed by atoms with Gasteiger partial charge in [-0.1, -0.05) is 6.07 Å². The van der Waals surface area contributed by atoms with E-state index in [1.54, 1.807) is 60.1 Å². The molecular formula is C16H19N3O3. The van der Waals surface area contributed by atoms with Gasteiger partial charge < -0.3 is 9.64 Å². The third kappa shape index (κ3) is 3.33. The summed E-state index contributed by atoms with van der Waals surface area (Å²) >= 11 is 0. The summed E-state index contributed by atoms with van der Waals surface area (Å²) in [5.74, 6) is -0.602. The fraction of sp³-hybridized carbons (Fsp3) is 0.312. The molecule has 0 atom stereocenters. The molecular weight excluding hydrogens is 282 g/mol. The molecule has 0 aliphatic heterocycles. The van der Waals surface area contributed by atoms with Crippen molar-refractivity contribution in [2.75, 3.05) is 18.1 Å². The number of nitrogens with zero attached hydrogens (tertiary/aromatic N) is 3. The van der Waals surface area contributed by atoms with Crippen molar-refractivity contribution in [2.24, 2.45) is 7.05 Å². The second-order valence-electron chi connectivity index (χ2n) is 4.69. The molecule has 0 spiro atoms. The van der Waals surface area contributed by atoms with Crippen LogP contribution in [0, 0.1) is 0 Å². The van der Waals surface area contributed by atoms with Crippen LogP contribution in [0.3, 0.4) is 0 Å². The van der Waals surface area contributed by atoms with Crippen molar-refractivity contribution >= 4 is 17.6 Å². The zero-order valence-electron chi connectivity index (χ0n) is 12.9. The molecule has 6 heteroatoms. The van der Waals surface area contributed by atoms with Crippen molar-refractivity contribution in [3.05, 3.63) is 47.8 Å². The number of hydrogen-bond donors (Lipinski definition) is 0.